The fourth-order valence-electron chi connectivity index (χ4n) is 3.81. The lowest BCUT2D eigenvalue weighted by molar-refractivity contribution is 1.40. The molecule has 0 aromatic heterocycles. The molecule has 0 radical (unpaired) electrons. The highest BCUT2D eigenvalue weighted by atomic mass is 31.1. The summed E-state index contributed by atoms with van der Waals surface area (Å²) in [5, 5.41) is 4.56. The van der Waals surface area contributed by atoms with Crippen molar-refractivity contribution in [3.63, 3.8) is 0 Å². The van der Waals surface area contributed by atoms with Gasteiger partial charge >= 0.3 is 0 Å². The largest absolute Gasteiger partial charge is 0.0617 e. The van der Waals surface area contributed by atoms with Crippen LogP contribution in [0.2, 0.25) is 0 Å². The molecular weight excluding hydrogens is 319 g/mol. The van der Waals surface area contributed by atoms with Gasteiger partial charge in [-0.15, -0.1) is 0 Å². The molecule has 0 amide bonds. The first-order chi connectivity index (χ1) is 11.9. The molecule has 0 bridgehead atoms. The SMILES string of the molecule is Cc1cccc(C)c1P(c1c(C)cccc1C)c1c(C)cccc1C. The predicted octanol–water partition coefficient (Wildman–Crippen LogP) is 5.30. The van der Waals surface area contributed by atoms with E-state index >= 15 is 0 Å². The summed E-state index contributed by atoms with van der Waals surface area (Å²) >= 11 is 0. The van der Waals surface area contributed by atoms with Crippen molar-refractivity contribution in [1.29, 1.82) is 0 Å². The highest BCUT2D eigenvalue weighted by Crippen LogP contribution is 2.39. The third-order valence-electron chi connectivity index (χ3n) is 4.99. The van der Waals surface area contributed by atoms with E-state index in [0.717, 1.165) is 0 Å². The Kier molecular flexibility index (Phi) is 5.11. The van der Waals surface area contributed by atoms with Gasteiger partial charge in [0.15, 0.2) is 0 Å². The number of hydrogen-bond acceptors (Lipinski definition) is 0. The number of hydrogen-bond donors (Lipinski definition) is 0. The quantitative estimate of drug-likeness (QED) is 0.565. The zero-order valence-electron chi connectivity index (χ0n) is 16.1. The number of benzene rings is 3. The van der Waals surface area contributed by atoms with Gasteiger partial charge in [0, 0.05) is 0 Å². The van der Waals surface area contributed by atoms with Crippen LogP contribution in [0.5, 0.6) is 0 Å². The van der Waals surface area contributed by atoms with Crippen LogP contribution in [0.4, 0.5) is 0 Å². The van der Waals surface area contributed by atoms with Gasteiger partial charge in [-0.25, -0.2) is 0 Å². The molecule has 0 aliphatic heterocycles. The molecule has 3 aromatic carbocycles. The Balaban J connectivity index is 2.42. The fraction of sp³-hybridized carbons (Fsp3) is 0.250. The van der Waals surface area contributed by atoms with E-state index in [1.54, 1.807) is 0 Å². The monoisotopic (exact) mass is 346 g/mol. The van der Waals surface area contributed by atoms with Gasteiger partial charge in [-0.2, -0.15) is 0 Å². The molecule has 0 nitrogen and oxygen atoms in total. The van der Waals surface area contributed by atoms with E-state index in [-0.39, 0.29) is 0 Å². The van der Waals surface area contributed by atoms with E-state index in [1.807, 2.05) is 0 Å². The van der Waals surface area contributed by atoms with Crippen molar-refractivity contribution < 1.29 is 0 Å². The Morgan fingerprint density at radius 3 is 0.800 bits per heavy atom. The van der Waals surface area contributed by atoms with E-state index in [0.29, 0.717) is 0 Å². The minimum Gasteiger partial charge on any atom is -0.0617 e. The molecule has 0 fully saturated rings. The Bertz CT molecular complexity index is 738. The maximum absolute atomic E-state index is 2.26. The van der Waals surface area contributed by atoms with Crippen LogP contribution in [-0.4, -0.2) is 0 Å². The van der Waals surface area contributed by atoms with Gasteiger partial charge in [0.1, 0.15) is 0 Å². The van der Waals surface area contributed by atoms with Crippen molar-refractivity contribution in [1.82, 2.24) is 0 Å². The maximum Gasteiger partial charge on any atom is -0.00923 e. The molecular formula is C24H27P. The molecule has 3 aromatic rings. The Morgan fingerprint density at radius 2 is 0.600 bits per heavy atom. The minimum absolute atomic E-state index is 0.571. The molecule has 0 aliphatic carbocycles. The highest BCUT2D eigenvalue weighted by Gasteiger charge is 2.25. The van der Waals surface area contributed by atoms with Crippen molar-refractivity contribution in [2.75, 3.05) is 0 Å². The second-order valence-corrected chi connectivity index (χ2v) is 9.07. The Morgan fingerprint density at radius 1 is 0.400 bits per heavy atom. The van der Waals surface area contributed by atoms with Crippen LogP contribution in [0.1, 0.15) is 33.4 Å². The number of aryl methyl sites for hydroxylation is 6. The van der Waals surface area contributed by atoms with Crippen LogP contribution < -0.4 is 15.9 Å². The van der Waals surface area contributed by atoms with Crippen molar-refractivity contribution >= 4 is 23.8 Å². The van der Waals surface area contributed by atoms with E-state index in [1.165, 1.54) is 49.3 Å². The van der Waals surface area contributed by atoms with Gasteiger partial charge in [0.2, 0.25) is 0 Å². The molecule has 0 heterocycles. The summed E-state index contributed by atoms with van der Waals surface area (Å²) in [6, 6.07) is 20.1. The zero-order valence-corrected chi connectivity index (χ0v) is 17.0. The summed E-state index contributed by atoms with van der Waals surface area (Å²) in [5.74, 6) is 0. The highest BCUT2D eigenvalue weighted by molar-refractivity contribution is 7.80. The molecule has 0 spiro atoms. The van der Waals surface area contributed by atoms with Crippen molar-refractivity contribution in [2.45, 2.75) is 41.5 Å². The summed E-state index contributed by atoms with van der Waals surface area (Å²) in [6.07, 6.45) is 0. The van der Waals surface area contributed by atoms with E-state index in [2.05, 4.69) is 96.1 Å². The van der Waals surface area contributed by atoms with Crippen molar-refractivity contribution in [2.24, 2.45) is 0 Å². The molecule has 0 saturated heterocycles. The first-order valence-electron chi connectivity index (χ1n) is 8.90. The average Bonchev–Trinajstić information content (AvgIpc) is 2.53. The summed E-state index contributed by atoms with van der Waals surface area (Å²) < 4.78 is 0. The lowest BCUT2D eigenvalue weighted by Gasteiger charge is -2.29. The topological polar surface area (TPSA) is 0 Å². The van der Waals surface area contributed by atoms with Crippen LogP contribution in [0.3, 0.4) is 0 Å². The molecule has 0 atom stereocenters. The zero-order chi connectivity index (χ0) is 18.1. The second kappa shape index (κ2) is 7.14. The molecule has 0 N–H and O–H groups in total. The van der Waals surface area contributed by atoms with Gasteiger partial charge in [0.25, 0.3) is 0 Å². The van der Waals surface area contributed by atoms with Crippen LogP contribution in [0.25, 0.3) is 0 Å². The summed E-state index contributed by atoms with van der Waals surface area (Å²) in [5.41, 5.74) is 8.40. The average molecular weight is 346 g/mol. The standard InChI is InChI=1S/C24H27P/c1-16-10-7-11-17(2)22(16)25(23-18(3)12-8-13-19(23)4)24-20(5)14-9-15-21(24)6/h7-15H,1-6H3. The van der Waals surface area contributed by atoms with Crippen LogP contribution in [0, 0.1) is 41.5 Å². The summed E-state index contributed by atoms with van der Waals surface area (Å²) in [7, 11) is -0.571. The molecule has 0 saturated carbocycles. The number of rotatable bonds is 3. The fourth-order valence-corrected chi connectivity index (χ4v) is 7.04. The normalized spacial score (nSPS) is 11.2. The molecule has 1 heteroatoms. The third kappa shape index (κ3) is 3.29. The summed E-state index contributed by atoms with van der Waals surface area (Å²) in [4.78, 5) is 0. The van der Waals surface area contributed by atoms with Gasteiger partial charge < -0.3 is 0 Å². The minimum atomic E-state index is -0.571. The van der Waals surface area contributed by atoms with E-state index < -0.39 is 7.92 Å². The van der Waals surface area contributed by atoms with Crippen LogP contribution >= 0.6 is 7.92 Å². The lowest BCUT2D eigenvalue weighted by Crippen LogP contribution is -2.29. The van der Waals surface area contributed by atoms with Crippen LogP contribution in [-0.2, 0) is 0 Å². The molecule has 0 aliphatic rings. The predicted molar refractivity (Wildman–Crippen MR) is 114 cm³/mol. The lowest BCUT2D eigenvalue weighted by atomic mass is 10.1. The van der Waals surface area contributed by atoms with Crippen LogP contribution in [0.15, 0.2) is 54.6 Å². The Labute approximate surface area is 153 Å². The first-order valence-corrected chi connectivity index (χ1v) is 10.2. The molecule has 128 valence electrons. The van der Waals surface area contributed by atoms with E-state index in [4.69, 9.17) is 0 Å². The summed E-state index contributed by atoms with van der Waals surface area (Å²) in [6.45, 7) is 13.6. The van der Waals surface area contributed by atoms with E-state index in [9.17, 15) is 0 Å². The maximum atomic E-state index is 2.26. The van der Waals surface area contributed by atoms with Crippen molar-refractivity contribution in [3.05, 3.63) is 88.0 Å². The van der Waals surface area contributed by atoms with Gasteiger partial charge in [-0.05, 0) is 98.8 Å². The molecule has 3 rings (SSSR count). The molecule has 25 heavy (non-hydrogen) atoms. The van der Waals surface area contributed by atoms with Gasteiger partial charge in [-0.3, -0.25) is 0 Å². The van der Waals surface area contributed by atoms with Gasteiger partial charge in [0.05, 0.1) is 0 Å². The Hall–Kier alpha value is -1.91. The van der Waals surface area contributed by atoms with Gasteiger partial charge in [-0.1, -0.05) is 54.6 Å². The smallest absolute Gasteiger partial charge is 0.00923 e. The molecule has 0 unspecified atom stereocenters. The first kappa shape index (κ1) is 17.9. The second-order valence-electron chi connectivity index (χ2n) is 7.06. The van der Waals surface area contributed by atoms with Crippen molar-refractivity contribution in [3.8, 4) is 0 Å². The third-order valence-corrected chi connectivity index (χ3v) is 8.45.